The number of hydrogen-bond acceptors (Lipinski definition) is 1. The molecule has 0 fully saturated rings. The molecule has 0 saturated carbocycles. The fourth-order valence-corrected chi connectivity index (χ4v) is 1.67. The van der Waals surface area contributed by atoms with Crippen molar-refractivity contribution in [1.82, 2.24) is 4.57 Å². The molecule has 2 nitrogen and oxygen atoms in total. The molecular weight excluding hydrogens is 186 g/mol. The number of nitrogen functional groups attached to an aromatic ring is 1. The lowest BCUT2D eigenvalue weighted by molar-refractivity contribution is 0.153. The Morgan fingerprint density at radius 3 is 2.71 bits per heavy atom. The van der Waals surface area contributed by atoms with E-state index < -0.39 is 6.43 Å². The zero-order valence-corrected chi connectivity index (χ0v) is 7.67. The van der Waals surface area contributed by atoms with Crippen LogP contribution in [0.25, 0.3) is 10.9 Å². The molecule has 2 N–H and O–H groups in total. The first-order valence-corrected chi connectivity index (χ1v) is 4.23. The van der Waals surface area contributed by atoms with Gasteiger partial charge >= 0.3 is 0 Å². The summed E-state index contributed by atoms with van der Waals surface area (Å²) < 4.78 is 26.9. The number of aryl methyl sites for hydroxylation is 1. The highest BCUT2D eigenvalue weighted by atomic mass is 19.3. The SMILES string of the molecule is Cn1cc(C(F)F)c2c(N)cccc21. The molecule has 0 spiro atoms. The van der Waals surface area contributed by atoms with E-state index in [2.05, 4.69) is 0 Å². The zero-order valence-electron chi connectivity index (χ0n) is 7.67. The van der Waals surface area contributed by atoms with Gasteiger partial charge in [0, 0.05) is 29.9 Å². The van der Waals surface area contributed by atoms with E-state index in [0.29, 0.717) is 11.1 Å². The summed E-state index contributed by atoms with van der Waals surface area (Å²) in [6, 6.07) is 5.17. The van der Waals surface area contributed by atoms with Crippen molar-refractivity contribution in [2.75, 3.05) is 5.73 Å². The minimum absolute atomic E-state index is 0.000556. The highest BCUT2D eigenvalue weighted by Crippen LogP contribution is 2.32. The Morgan fingerprint density at radius 2 is 2.07 bits per heavy atom. The Labute approximate surface area is 79.9 Å². The monoisotopic (exact) mass is 196 g/mol. The average Bonchev–Trinajstić information content (AvgIpc) is 2.46. The zero-order chi connectivity index (χ0) is 10.3. The van der Waals surface area contributed by atoms with Crippen LogP contribution in [0.15, 0.2) is 24.4 Å². The van der Waals surface area contributed by atoms with Crippen LogP contribution in [0.3, 0.4) is 0 Å². The fourth-order valence-electron chi connectivity index (χ4n) is 1.67. The van der Waals surface area contributed by atoms with Crippen LogP contribution >= 0.6 is 0 Å². The molecule has 14 heavy (non-hydrogen) atoms. The Kier molecular flexibility index (Phi) is 1.91. The Morgan fingerprint density at radius 1 is 1.36 bits per heavy atom. The van der Waals surface area contributed by atoms with Crippen LogP contribution in [0.4, 0.5) is 14.5 Å². The summed E-state index contributed by atoms with van der Waals surface area (Å²) in [7, 11) is 1.73. The summed E-state index contributed by atoms with van der Waals surface area (Å²) in [6.07, 6.45) is -1.06. The number of hydrogen-bond donors (Lipinski definition) is 1. The van der Waals surface area contributed by atoms with E-state index >= 15 is 0 Å². The maximum absolute atomic E-state index is 12.6. The van der Waals surface area contributed by atoms with Crippen LogP contribution in [0.1, 0.15) is 12.0 Å². The smallest absolute Gasteiger partial charge is 0.265 e. The topological polar surface area (TPSA) is 30.9 Å². The molecule has 0 aliphatic heterocycles. The van der Waals surface area contributed by atoms with Gasteiger partial charge in [-0.25, -0.2) is 8.78 Å². The molecule has 0 amide bonds. The molecule has 1 heterocycles. The van der Waals surface area contributed by atoms with Crippen LogP contribution in [-0.4, -0.2) is 4.57 Å². The van der Waals surface area contributed by atoms with Gasteiger partial charge in [-0.2, -0.15) is 0 Å². The second kappa shape index (κ2) is 2.97. The van der Waals surface area contributed by atoms with Crippen molar-refractivity contribution >= 4 is 16.6 Å². The Bertz CT molecular complexity index is 474. The summed E-state index contributed by atoms with van der Waals surface area (Å²) in [4.78, 5) is 0. The minimum atomic E-state index is -2.48. The quantitative estimate of drug-likeness (QED) is 0.698. The van der Waals surface area contributed by atoms with Gasteiger partial charge in [0.25, 0.3) is 6.43 Å². The third-order valence-corrected chi connectivity index (χ3v) is 2.31. The molecule has 4 heteroatoms. The third kappa shape index (κ3) is 1.14. The van der Waals surface area contributed by atoms with Gasteiger partial charge in [0.2, 0.25) is 0 Å². The van der Waals surface area contributed by atoms with E-state index in [-0.39, 0.29) is 5.56 Å². The van der Waals surface area contributed by atoms with Crippen LogP contribution in [-0.2, 0) is 7.05 Å². The molecule has 0 bridgehead atoms. The second-order valence-electron chi connectivity index (χ2n) is 3.24. The highest BCUT2D eigenvalue weighted by molar-refractivity contribution is 5.94. The summed E-state index contributed by atoms with van der Waals surface area (Å²) >= 11 is 0. The first kappa shape index (κ1) is 8.99. The molecule has 0 atom stereocenters. The molecular formula is C10H10F2N2. The molecule has 0 aliphatic carbocycles. The number of nitrogens with two attached hydrogens (primary N) is 1. The van der Waals surface area contributed by atoms with Crippen molar-refractivity contribution in [2.45, 2.75) is 6.43 Å². The van der Waals surface area contributed by atoms with Crippen molar-refractivity contribution < 1.29 is 8.78 Å². The number of benzene rings is 1. The number of halogens is 2. The number of rotatable bonds is 1. The lowest BCUT2D eigenvalue weighted by Gasteiger charge is -2.00. The van der Waals surface area contributed by atoms with E-state index in [9.17, 15) is 8.78 Å². The van der Waals surface area contributed by atoms with Crippen LogP contribution < -0.4 is 5.73 Å². The van der Waals surface area contributed by atoms with E-state index in [0.717, 1.165) is 5.52 Å². The van der Waals surface area contributed by atoms with Crippen LogP contribution in [0, 0.1) is 0 Å². The van der Waals surface area contributed by atoms with E-state index in [1.165, 1.54) is 6.20 Å². The number of anilines is 1. The number of aromatic nitrogens is 1. The van der Waals surface area contributed by atoms with Gasteiger partial charge in [-0.15, -0.1) is 0 Å². The lowest BCUT2D eigenvalue weighted by atomic mass is 10.1. The van der Waals surface area contributed by atoms with Crippen molar-refractivity contribution in [2.24, 2.45) is 7.05 Å². The minimum Gasteiger partial charge on any atom is -0.398 e. The van der Waals surface area contributed by atoms with Gasteiger partial charge in [-0.05, 0) is 12.1 Å². The molecule has 1 aromatic carbocycles. The predicted molar refractivity (Wildman–Crippen MR) is 52.3 cm³/mol. The van der Waals surface area contributed by atoms with Gasteiger partial charge in [0.15, 0.2) is 0 Å². The highest BCUT2D eigenvalue weighted by Gasteiger charge is 2.16. The normalized spacial score (nSPS) is 11.4. The first-order chi connectivity index (χ1) is 6.61. The summed E-state index contributed by atoms with van der Waals surface area (Å²) in [5.74, 6) is 0. The number of fused-ring (bicyclic) bond motifs is 1. The van der Waals surface area contributed by atoms with Crippen LogP contribution in [0.5, 0.6) is 0 Å². The van der Waals surface area contributed by atoms with Crippen LogP contribution in [0.2, 0.25) is 0 Å². The Hall–Kier alpha value is -1.58. The second-order valence-corrected chi connectivity index (χ2v) is 3.24. The van der Waals surface area contributed by atoms with Crippen molar-refractivity contribution in [3.05, 3.63) is 30.0 Å². The molecule has 1 aromatic heterocycles. The molecule has 74 valence electrons. The maximum Gasteiger partial charge on any atom is 0.265 e. The average molecular weight is 196 g/mol. The number of alkyl halides is 2. The molecule has 0 saturated heterocycles. The van der Waals surface area contributed by atoms with Crippen molar-refractivity contribution in [1.29, 1.82) is 0 Å². The van der Waals surface area contributed by atoms with Gasteiger partial charge in [-0.3, -0.25) is 0 Å². The predicted octanol–water partition coefficient (Wildman–Crippen LogP) is 2.70. The summed E-state index contributed by atoms with van der Waals surface area (Å²) in [6.45, 7) is 0. The first-order valence-electron chi connectivity index (χ1n) is 4.23. The molecule has 2 rings (SSSR count). The summed E-state index contributed by atoms with van der Waals surface area (Å²) in [5.41, 5.74) is 6.80. The third-order valence-electron chi connectivity index (χ3n) is 2.31. The van der Waals surface area contributed by atoms with Gasteiger partial charge in [0.1, 0.15) is 0 Å². The molecule has 2 aromatic rings. The standard InChI is InChI=1S/C10H10F2N2/c1-14-5-6(10(11)12)9-7(13)3-2-4-8(9)14/h2-5,10H,13H2,1H3. The maximum atomic E-state index is 12.6. The lowest BCUT2D eigenvalue weighted by Crippen LogP contribution is -1.88. The van der Waals surface area contributed by atoms with E-state index in [4.69, 9.17) is 5.73 Å². The van der Waals surface area contributed by atoms with Gasteiger partial charge in [0.05, 0.1) is 5.52 Å². The van der Waals surface area contributed by atoms with E-state index in [1.807, 2.05) is 0 Å². The largest absolute Gasteiger partial charge is 0.398 e. The fraction of sp³-hybridized carbons (Fsp3) is 0.200. The molecule has 0 aliphatic rings. The van der Waals surface area contributed by atoms with E-state index in [1.54, 1.807) is 29.8 Å². The van der Waals surface area contributed by atoms with Gasteiger partial charge < -0.3 is 10.3 Å². The summed E-state index contributed by atoms with van der Waals surface area (Å²) in [5, 5.41) is 0.463. The molecule has 0 radical (unpaired) electrons. The Balaban J connectivity index is 2.86. The number of nitrogens with zero attached hydrogens (tertiary/aromatic N) is 1. The molecule has 0 unspecified atom stereocenters. The van der Waals surface area contributed by atoms with Gasteiger partial charge in [-0.1, -0.05) is 6.07 Å². The van der Waals surface area contributed by atoms with Crippen molar-refractivity contribution in [3.63, 3.8) is 0 Å². The van der Waals surface area contributed by atoms with Crippen molar-refractivity contribution in [3.8, 4) is 0 Å².